The van der Waals surface area contributed by atoms with E-state index >= 15 is 0 Å². The molecule has 0 amide bonds. The van der Waals surface area contributed by atoms with E-state index in [4.69, 9.17) is 4.74 Å². The maximum absolute atomic E-state index is 11.4. The molecule has 0 radical (unpaired) electrons. The maximum Gasteiger partial charge on any atom is 0.310 e. The number of carbonyl (C=O) groups is 1. The number of ether oxygens (including phenoxy) is 1. The van der Waals surface area contributed by atoms with Crippen LogP contribution in [0.3, 0.4) is 0 Å². The second kappa shape index (κ2) is 6.59. The van der Waals surface area contributed by atoms with Gasteiger partial charge in [-0.1, -0.05) is 26.0 Å². The highest BCUT2D eigenvalue weighted by Crippen LogP contribution is 2.09. The minimum absolute atomic E-state index is 0.160. The zero-order chi connectivity index (χ0) is 12.0. The molecule has 1 aromatic rings. The van der Waals surface area contributed by atoms with Gasteiger partial charge in [-0.25, -0.2) is 0 Å². The maximum atomic E-state index is 11.4. The fourth-order valence-corrected chi connectivity index (χ4v) is 1.39. The number of rotatable bonds is 5. The van der Waals surface area contributed by atoms with E-state index in [1.807, 2.05) is 24.3 Å². The molecule has 0 spiro atoms. The summed E-state index contributed by atoms with van der Waals surface area (Å²) in [6.07, 6.45) is 1.26. The van der Waals surface area contributed by atoms with Gasteiger partial charge in [0, 0.05) is 4.90 Å². The van der Waals surface area contributed by atoms with E-state index < -0.39 is 0 Å². The van der Waals surface area contributed by atoms with Crippen molar-refractivity contribution < 1.29 is 9.53 Å². The second-order valence-electron chi connectivity index (χ2n) is 4.25. The minimum atomic E-state index is -0.160. The first kappa shape index (κ1) is 13.1. The van der Waals surface area contributed by atoms with Crippen molar-refractivity contribution in [3.05, 3.63) is 29.8 Å². The van der Waals surface area contributed by atoms with Gasteiger partial charge in [0.05, 0.1) is 13.0 Å². The van der Waals surface area contributed by atoms with Crippen molar-refractivity contribution in [1.29, 1.82) is 0 Å². The van der Waals surface area contributed by atoms with Crippen molar-refractivity contribution in [2.45, 2.75) is 31.6 Å². The van der Waals surface area contributed by atoms with Gasteiger partial charge in [-0.15, -0.1) is 12.6 Å². The quantitative estimate of drug-likeness (QED) is 0.630. The topological polar surface area (TPSA) is 26.3 Å². The Morgan fingerprint density at radius 3 is 2.50 bits per heavy atom. The van der Waals surface area contributed by atoms with Gasteiger partial charge in [0.2, 0.25) is 0 Å². The third kappa shape index (κ3) is 5.21. The van der Waals surface area contributed by atoms with Crippen LogP contribution >= 0.6 is 12.6 Å². The molecular formula is C13H18O2S. The van der Waals surface area contributed by atoms with Crippen LogP contribution < -0.4 is 0 Å². The number of hydrogen-bond acceptors (Lipinski definition) is 3. The van der Waals surface area contributed by atoms with Gasteiger partial charge < -0.3 is 4.74 Å². The van der Waals surface area contributed by atoms with Crippen LogP contribution in [0.5, 0.6) is 0 Å². The number of hydrogen-bond donors (Lipinski definition) is 1. The van der Waals surface area contributed by atoms with Crippen molar-refractivity contribution >= 4 is 18.6 Å². The first-order chi connectivity index (χ1) is 7.58. The zero-order valence-electron chi connectivity index (χ0n) is 9.77. The third-order valence-electron chi connectivity index (χ3n) is 2.24. The number of esters is 1. The van der Waals surface area contributed by atoms with E-state index in [-0.39, 0.29) is 5.97 Å². The van der Waals surface area contributed by atoms with Crippen LogP contribution in [0, 0.1) is 5.92 Å². The highest BCUT2D eigenvalue weighted by molar-refractivity contribution is 7.80. The largest absolute Gasteiger partial charge is 0.465 e. The van der Waals surface area contributed by atoms with Crippen LogP contribution in [0.1, 0.15) is 25.8 Å². The van der Waals surface area contributed by atoms with Gasteiger partial charge in [0.15, 0.2) is 0 Å². The van der Waals surface area contributed by atoms with E-state index in [1.165, 1.54) is 0 Å². The Morgan fingerprint density at radius 1 is 1.31 bits per heavy atom. The highest BCUT2D eigenvalue weighted by atomic mass is 32.1. The molecular weight excluding hydrogens is 220 g/mol. The lowest BCUT2D eigenvalue weighted by Gasteiger charge is -2.06. The smallest absolute Gasteiger partial charge is 0.310 e. The van der Waals surface area contributed by atoms with Gasteiger partial charge in [-0.3, -0.25) is 4.79 Å². The Balaban J connectivity index is 2.31. The monoisotopic (exact) mass is 238 g/mol. The van der Waals surface area contributed by atoms with Crippen LogP contribution in [0.4, 0.5) is 0 Å². The molecule has 0 N–H and O–H groups in total. The molecule has 3 heteroatoms. The number of thiol groups is 1. The summed E-state index contributed by atoms with van der Waals surface area (Å²) in [5.74, 6) is 0.406. The summed E-state index contributed by atoms with van der Waals surface area (Å²) in [5, 5.41) is 0. The van der Waals surface area contributed by atoms with Crippen molar-refractivity contribution in [1.82, 2.24) is 0 Å². The molecule has 0 unspecified atom stereocenters. The van der Waals surface area contributed by atoms with Crippen molar-refractivity contribution in [3.8, 4) is 0 Å². The van der Waals surface area contributed by atoms with E-state index in [0.717, 1.165) is 16.9 Å². The molecule has 88 valence electrons. The first-order valence-electron chi connectivity index (χ1n) is 5.51. The Hall–Kier alpha value is -0.960. The molecule has 0 fully saturated rings. The standard InChI is InChI=1S/C13H18O2S/c1-10(2)7-8-15-13(14)9-11-3-5-12(16)6-4-11/h3-6,10,16H,7-9H2,1-2H3. The summed E-state index contributed by atoms with van der Waals surface area (Å²) in [6, 6.07) is 7.54. The van der Waals surface area contributed by atoms with Gasteiger partial charge in [0.25, 0.3) is 0 Å². The molecule has 0 bridgehead atoms. The highest BCUT2D eigenvalue weighted by Gasteiger charge is 2.05. The van der Waals surface area contributed by atoms with E-state index in [2.05, 4.69) is 26.5 Å². The zero-order valence-corrected chi connectivity index (χ0v) is 10.7. The van der Waals surface area contributed by atoms with Crippen molar-refractivity contribution in [2.24, 2.45) is 5.92 Å². The lowest BCUT2D eigenvalue weighted by molar-refractivity contribution is -0.143. The van der Waals surface area contributed by atoms with Gasteiger partial charge >= 0.3 is 5.97 Å². The Morgan fingerprint density at radius 2 is 1.94 bits per heavy atom. The molecule has 0 aliphatic heterocycles. The average Bonchev–Trinajstić information content (AvgIpc) is 2.21. The summed E-state index contributed by atoms with van der Waals surface area (Å²) >= 11 is 4.19. The van der Waals surface area contributed by atoms with Gasteiger partial charge in [-0.2, -0.15) is 0 Å². The summed E-state index contributed by atoms with van der Waals surface area (Å²) < 4.78 is 5.13. The Labute approximate surface area is 102 Å². The molecule has 0 atom stereocenters. The molecule has 0 aromatic heterocycles. The van der Waals surface area contributed by atoms with Crippen molar-refractivity contribution in [3.63, 3.8) is 0 Å². The lowest BCUT2D eigenvalue weighted by Crippen LogP contribution is -2.10. The SMILES string of the molecule is CC(C)CCOC(=O)Cc1ccc(S)cc1. The predicted molar refractivity (Wildman–Crippen MR) is 67.8 cm³/mol. The molecule has 0 aliphatic rings. The Bertz CT molecular complexity index is 330. The second-order valence-corrected chi connectivity index (χ2v) is 4.76. The minimum Gasteiger partial charge on any atom is -0.465 e. The number of benzene rings is 1. The van der Waals surface area contributed by atoms with Crippen LogP contribution in [-0.2, 0) is 16.0 Å². The first-order valence-corrected chi connectivity index (χ1v) is 5.96. The fraction of sp³-hybridized carbons (Fsp3) is 0.462. The summed E-state index contributed by atoms with van der Waals surface area (Å²) in [5.41, 5.74) is 0.965. The molecule has 0 saturated carbocycles. The third-order valence-corrected chi connectivity index (χ3v) is 2.54. The van der Waals surface area contributed by atoms with E-state index in [0.29, 0.717) is 18.9 Å². The van der Waals surface area contributed by atoms with Gasteiger partial charge in [0.1, 0.15) is 0 Å². The van der Waals surface area contributed by atoms with Crippen molar-refractivity contribution in [2.75, 3.05) is 6.61 Å². The molecule has 1 rings (SSSR count). The normalized spacial score (nSPS) is 10.5. The molecule has 2 nitrogen and oxygen atoms in total. The summed E-state index contributed by atoms with van der Waals surface area (Å²) in [7, 11) is 0. The molecule has 0 heterocycles. The molecule has 1 aromatic carbocycles. The number of carbonyl (C=O) groups excluding carboxylic acids is 1. The molecule has 0 saturated heterocycles. The van der Waals surface area contributed by atoms with Crippen LogP contribution in [-0.4, -0.2) is 12.6 Å². The van der Waals surface area contributed by atoms with Crippen LogP contribution in [0.25, 0.3) is 0 Å². The average molecular weight is 238 g/mol. The molecule has 0 aliphatic carbocycles. The van der Waals surface area contributed by atoms with Gasteiger partial charge in [-0.05, 0) is 30.0 Å². The van der Waals surface area contributed by atoms with Crippen LogP contribution in [0.15, 0.2) is 29.2 Å². The van der Waals surface area contributed by atoms with Crippen LogP contribution in [0.2, 0.25) is 0 Å². The Kier molecular flexibility index (Phi) is 5.39. The fourth-order valence-electron chi connectivity index (χ4n) is 1.24. The summed E-state index contributed by atoms with van der Waals surface area (Å²) in [6.45, 7) is 4.74. The van der Waals surface area contributed by atoms with E-state index in [9.17, 15) is 4.79 Å². The van der Waals surface area contributed by atoms with E-state index in [1.54, 1.807) is 0 Å². The predicted octanol–water partition coefficient (Wildman–Crippen LogP) is 3.11. The molecule has 16 heavy (non-hydrogen) atoms. The lowest BCUT2D eigenvalue weighted by atomic mass is 10.1. The summed E-state index contributed by atoms with van der Waals surface area (Å²) in [4.78, 5) is 12.3.